The molecule has 5 nitrogen and oxygen atoms in total. The molecule has 3 aromatic carbocycles. The van der Waals surface area contributed by atoms with Gasteiger partial charge in [0.05, 0.1) is 5.69 Å². The van der Waals surface area contributed by atoms with Crippen molar-refractivity contribution in [3.63, 3.8) is 0 Å². The molecule has 32 heavy (non-hydrogen) atoms. The van der Waals surface area contributed by atoms with Gasteiger partial charge in [0.25, 0.3) is 5.91 Å². The maximum Gasteiger partial charge on any atom is 0.251 e. The second-order valence-electron chi connectivity index (χ2n) is 7.03. The Morgan fingerprint density at radius 3 is 2.59 bits per heavy atom. The number of carbonyl (C=O) groups is 1. The number of carbonyl (C=O) groups excluding carboxylic acids is 1. The van der Waals surface area contributed by atoms with Crippen molar-refractivity contribution in [1.82, 2.24) is 15.3 Å². The van der Waals surface area contributed by atoms with E-state index in [1.807, 2.05) is 72.8 Å². The lowest BCUT2D eigenvalue weighted by atomic mass is 10.1. The molecule has 0 atom stereocenters. The number of aromatic nitrogens is 2. The summed E-state index contributed by atoms with van der Waals surface area (Å²) in [6.45, 7) is 0.417. The van der Waals surface area contributed by atoms with Crippen LogP contribution in [-0.2, 0) is 11.0 Å². The van der Waals surface area contributed by atoms with Gasteiger partial charge in [-0.2, -0.15) is 0 Å². The van der Waals surface area contributed by atoms with E-state index in [1.165, 1.54) is 0 Å². The SMILES string of the molecule is O=C(NCc1cccc(Cl)c1CI)c1cccc(-c2ccnc(Nc3ccccc3)n2)c1. The standard InChI is InChI=1S/C25H20ClIN4O/c26-22-11-5-8-19(21(22)15-27)16-29-24(32)18-7-4-6-17(14-18)23-12-13-28-25(31-23)30-20-9-2-1-3-10-20/h1-14H,15-16H2,(H,29,32)(H,28,30,31). The van der Waals surface area contributed by atoms with E-state index < -0.39 is 0 Å². The summed E-state index contributed by atoms with van der Waals surface area (Å²) >= 11 is 8.56. The molecule has 4 rings (SSSR count). The van der Waals surface area contributed by atoms with Gasteiger partial charge in [0, 0.05) is 39.0 Å². The average Bonchev–Trinajstić information content (AvgIpc) is 2.83. The fraction of sp³-hybridized carbons (Fsp3) is 0.0800. The first-order valence-electron chi connectivity index (χ1n) is 10.00. The van der Waals surface area contributed by atoms with E-state index in [0.29, 0.717) is 18.1 Å². The van der Waals surface area contributed by atoms with Gasteiger partial charge in [-0.05, 0) is 47.5 Å². The first kappa shape index (κ1) is 22.2. The van der Waals surface area contributed by atoms with Crippen LogP contribution in [0.25, 0.3) is 11.3 Å². The number of nitrogens with one attached hydrogen (secondary N) is 2. The number of alkyl halides is 1. The molecule has 1 heterocycles. The summed E-state index contributed by atoms with van der Waals surface area (Å²) in [7, 11) is 0. The van der Waals surface area contributed by atoms with Crippen molar-refractivity contribution in [2.75, 3.05) is 5.32 Å². The van der Waals surface area contributed by atoms with Crippen molar-refractivity contribution in [2.24, 2.45) is 0 Å². The van der Waals surface area contributed by atoms with Gasteiger partial charge < -0.3 is 10.6 Å². The van der Waals surface area contributed by atoms with Gasteiger partial charge in [0.15, 0.2) is 0 Å². The summed E-state index contributed by atoms with van der Waals surface area (Å²) in [5.41, 5.74) is 5.11. The largest absolute Gasteiger partial charge is 0.348 e. The Bertz CT molecular complexity index is 1230. The van der Waals surface area contributed by atoms with E-state index in [9.17, 15) is 4.79 Å². The van der Waals surface area contributed by atoms with Crippen LogP contribution in [0.3, 0.4) is 0 Å². The average molecular weight is 555 g/mol. The molecule has 0 aliphatic heterocycles. The quantitative estimate of drug-likeness (QED) is 0.205. The molecular formula is C25H20ClIN4O. The molecule has 0 spiro atoms. The topological polar surface area (TPSA) is 66.9 Å². The molecule has 0 aliphatic rings. The third-order valence-electron chi connectivity index (χ3n) is 4.89. The van der Waals surface area contributed by atoms with Gasteiger partial charge in [-0.25, -0.2) is 9.97 Å². The first-order chi connectivity index (χ1) is 15.6. The molecule has 0 bridgehead atoms. The highest BCUT2D eigenvalue weighted by Crippen LogP contribution is 2.23. The molecule has 0 radical (unpaired) electrons. The lowest BCUT2D eigenvalue weighted by molar-refractivity contribution is 0.0951. The molecule has 0 fully saturated rings. The monoisotopic (exact) mass is 554 g/mol. The molecule has 1 aromatic heterocycles. The van der Waals surface area contributed by atoms with Crippen LogP contribution in [0.5, 0.6) is 0 Å². The summed E-state index contributed by atoms with van der Waals surface area (Å²) in [6, 6.07) is 24.7. The predicted octanol–water partition coefficient (Wildman–Crippen LogP) is 6.41. The van der Waals surface area contributed by atoms with Crippen LogP contribution in [0.4, 0.5) is 11.6 Å². The zero-order valence-corrected chi connectivity index (χ0v) is 20.0. The maximum atomic E-state index is 12.8. The van der Waals surface area contributed by atoms with Gasteiger partial charge in [-0.15, -0.1) is 0 Å². The summed E-state index contributed by atoms with van der Waals surface area (Å²) in [5.74, 6) is 0.346. The highest BCUT2D eigenvalue weighted by Gasteiger charge is 2.11. The lowest BCUT2D eigenvalue weighted by Gasteiger charge is -2.11. The molecule has 0 saturated carbocycles. The molecule has 160 valence electrons. The second kappa shape index (κ2) is 10.6. The Morgan fingerprint density at radius 2 is 1.78 bits per heavy atom. The molecule has 4 aromatic rings. The number of para-hydroxylation sites is 1. The number of rotatable bonds is 7. The summed E-state index contributed by atoms with van der Waals surface area (Å²) in [4.78, 5) is 21.7. The van der Waals surface area contributed by atoms with Crippen molar-refractivity contribution in [3.8, 4) is 11.3 Å². The molecular weight excluding hydrogens is 535 g/mol. The number of hydrogen-bond acceptors (Lipinski definition) is 4. The van der Waals surface area contributed by atoms with Crippen LogP contribution < -0.4 is 10.6 Å². The fourth-order valence-corrected chi connectivity index (χ4v) is 4.63. The van der Waals surface area contributed by atoms with Crippen molar-refractivity contribution in [3.05, 3.63) is 107 Å². The second-order valence-corrected chi connectivity index (χ2v) is 8.20. The van der Waals surface area contributed by atoms with Crippen LogP contribution in [0.1, 0.15) is 21.5 Å². The summed E-state index contributed by atoms with van der Waals surface area (Å²) < 4.78 is 0.783. The van der Waals surface area contributed by atoms with Crippen molar-refractivity contribution in [2.45, 2.75) is 11.0 Å². The molecule has 0 aliphatic carbocycles. The highest BCUT2D eigenvalue weighted by molar-refractivity contribution is 14.1. The Kier molecular flexibility index (Phi) is 7.34. The maximum absolute atomic E-state index is 12.8. The zero-order chi connectivity index (χ0) is 22.3. The van der Waals surface area contributed by atoms with Crippen molar-refractivity contribution < 1.29 is 4.79 Å². The predicted molar refractivity (Wildman–Crippen MR) is 138 cm³/mol. The number of benzene rings is 3. The van der Waals surface area contributed by atoms with E-state index in [1.54, 1.807) is 12.3 Å². The minimum atomic E-state index is -0.150. The molecule has 7 heteroatoms. The first-order valence-corrected chi connectivity index (χ1v) is 11.9. The third kappa shape index (κ3) is 5.44. The van der Waals surface area contributed by atoms with Crippen LogP contribution in [0, 0.1) is 0 Å². The zero-order valence-electron chi connectivity index (χ0n) is 17.1. The van der Waals surface area contributed by atoms with Crippen molar-refractivity contribution in [1.29, 1.82) is 0 Å². The van der Waals surface area contributed by atoms with Crippen LogP contribution in [-0.4, -0.2) is 15.9 Å². The normalized spacial score (nSPS) is 10.6. The van der Waals surface area contributed by atoms with E-state index >= 15 is 0 Å². The summed E-state index contributed by atoms with van der Waals surface area (Å²) in [5, 5.41) is 6.91. The molecule has 2 N–H and O–H groups in total. The Labute approximate surface area is 205 Å². The third-order valence-corrected chi connectivity index (χ3v) is 6.01. The molecule has 0 saturated heterocycles. The Hall–Kier alpha value is -2.97. The minimum Gasteiger partial charge on any atom is -0.348 e. The van der Waals surface area contributed by atoms with Crippen LogP contribution >= 0.6 is 34.2 Å². The Balaban J connectivity index is 1.49. The van der Waals surface area contributed by atoms with Crippen molar-refractivity contribution >= 4 is 51.7 Å². The minimum absolute atomic E-state index is 0.150. The van der Waals surface area contributed by atoms with Gasteiger partial charge in [0.2, 0.25) is 5.95 Å². The highest BCUT2D eigenvalue weighted by atomic mass is 127. The number of anilines is 2. The fourth-order valence-electron chi connectivity index (χ4n) is 3.25. The Morgan fingerprint density at radius 1 is 0.969 bits per heavy atom. The van der Waals surface area contributed by atoms with E-state index in [2.05, 4.69) is 43.2 Å². The number of halogens is 2. The lowest BCUT2D eigenvalue weighted by Crippen LogP contribution is -2.23. The summed E-state index contributed by atoms with van der Waals surface area (Å²) in [6.07, 6.45) is 1.70. The van der Waals surface area contributed by atoms with E-state index in [0.717, 1.165) is 37.5 Å². The number of amides is 1. The van der Waals surface area contributed by atoms with Crippen LogP contribution in [0.2, 0.25) is 5.02 Å². The smallest absolute Gasteiger partial charge is 0.251 e. The number of hydrogen-bond donors (Lipinski definition) is 2. The number of nitrogens with zero attached hydrogens (tertiary/aromatic N) is 2. The van der Waals surface area contributed by atoms with Gasteiger partial charge in [-0.3, -0.25) is 4.79 Å². The van der Waals surface area contributed by atoms with Gasteiger partial charge in [0.1, 0.15) is 0 Å². The molecule has 1 amide bonds. The van der Waals surface area contributed by atoms with E-state index in [-0.39, 0.29) is 5.91 Å². The molecule has 0 unspecified atom stereocenters. The van der Waals surface area contributed by atoms with Gasteiger partial charge in [-0.1, -0.05) is 76.7 Å². The van der Waals surface area contributed by atoms with Gasteiger partial charge >= 0.3 is 0 Å². The van der Waals surface area contributed by atoms with Crippen LogP contribution in [0.15, 0.2) is 85.1 Å². The van der Waals surface area contributed by atoms with E-state index in [4.69, 9.17) is 11.6 Å².